The predicted octanol–water partition coefficient (Wildman–Crippen LogP) is 3.49. The number of hydrogen-bond donors (Lipinski definition) is 1. The topological polar surface area (TPSA) is 42.0 Å². The quantitative estimate of drug-likeness (QED) is 0.862. The highest BCUT2D eigenvalue weighted by Gasteiger charge is 2.15. The van der Waals surface area contributed by atoms with Gasteiger partial charge in [0.2, 0.25) is 5.91 Å². The van der Waals surface area contributed by atoms with Crippen LogP contribution in [0.2, 0.25) is 0 Å². The van der Waals surface area contributed by atoms with Crippen molar-refractivity contribution in [1.29, 1.82) is 0 Å². The van der Waals surface area contributed by atoms with Crippen LogP contribution in [0, 0.1) is 12.7 Å². The van der Waals surface area contributed by atoms with Crippen molar-refractivity contribution in [2.45, 2.75) is 19.8 Å². The van der Waals surface area contributed by atoms with E-state index in [9.17, 15) is 9.18 Å². The standard InChI is InChI=1S/C18H17FN2O/c1-12-15(9-14-3-2-6-21-18(14)22)10-16(19)11-17(12)13-4-7-20-8-5-13/h4-5,7-11H,2-3,6H2,1H3,(H,21,22)/b14-9+. The van der Waals surface area contributed by atoms with Gasteiger partial charge in [-0.25, -0.2) is 4.39 Å². The van der Waals surface area contributed by atoms with E-state index in [1.807, 2.05) is 19.1 Å². The Bertz CT molecular complexity index is 738. The fourth-order valence-corrected chi connectivity index (χ4v) is 2.71. The molecule has 4 heteroatoms. The van der Waals surface area contributed by atoms with Gasteiger partial charge in [-0.3, -0.25) is 9.78 Å². The molecule has 2 heterocycles. The lowest BCUT2D eigenvalue weighted by Crippen LogP contribution is -2.30. The molecule has 1 aromatic carbocycles. The number of amides is 1. The number of carbonyl (C=O) groups excluding carboxylic acids is 1. The first-order chi connectivity index (χ1) is 10.6. The summed E-state index contributed by atoms with van der Waals surface area (Å²) >= 11 is 0. The van der Waals surface area contributed by atoms with Crippen LogP contribution in [-0.4, -0.2) is 17.4 Å². The molecule has 0 bridgehead atoms. The molecule has 1 saturated heterocycles. The number of carbonyl (C=O) groups is 1. The zero-order valence-corrected chi connectivity index (χ0v) is 12.4. The summed E-state index contributed by atoms with van der Waals surface area (Å²) in [6, 6.07) is 6.71. The first kappa shape index (κ1) is 14.4. The highest BCUT2D eigenvalue weighted by Crippen LogP contribution is 2.28. The van der Waals surface area contributed by atoms with Gasteiger partial charge < -0.3 is 5.32 Å². The zero-order valence-electron chi connectivity index (χ0n) is 12.4. The molecule has 1 amide bonds. The zero-order chi connectivity index (χ0) is 15.5. The fourth-order valence-electron chi connectivity index (χ4n) is 2.71. The third-order valence-electron chi connectivity index (χ3n) is 3.93. The Morgan fingerprint density at radius 3 is 2.77 bits per heavy atom. The molecule has 1 fully saturated rings. The third kappa shape index (κ3) is 2.91. The largest absolute Gasteiger partial charge is 0.352 e. The molecule has 1 aliphatic rings. The highest BCUT2D eigenvalue weighted by atomic mass is 19.1. The lowest BCUT2D eigenvalue weighted by Gasteiger charge is -2.16. The van der Waals surface area contributed by atoms with E-state index in [4.69, 9.17) is 0 Å². The van der Waals surface area contributed by atoms with Crippen LogP contribution in [0.1, 0.15) is 24.0 Å². The van der Waals surface area contributed by atoms with E-state index in [0.29, 0.717) is 12.1 Å². The van der Waals surface area contributed by atoms with Gasteiger partial charge in [0.15, 0.2) is 0 Å². The van der Waals surface area contributed by atoms with Crippen molar-refractivity contribution in [3.05, 3.63) is 59.2 Å². The Morgan fingerprint density at radius 2 is 2.05 bits per heavy atom. The van der Waals surface area contributed by atoms with Gasteiger partial charge in [0, 0.05) is 24.5 Å². The van der Waals surface area contributed by atoms with Crippen LogP contribution in [0.25, 0.3) is 17.2 Å². The summed E-state index contributed by atoms with van der Waals surface area (Å²) in [7, 11) is 0. The molecule has 22 heavy (non-hydrogen) atoms. The monoisotopic (exact) mass is 296 g/mol. The summed E-state index contributed by atoms with van der Waals surface area (Å²) in [5, 5.41) is 2.82. The van der Waals surface area contributed by atoms with Crippen molar-refractivity contribution in [2.24, 2.45) is 0 Å². The van der Waals surface area contributed by atoms with Crippen molar-refractivity contribution in [3.8, 4) is 11.1 Å². The van der Waals surface area contributed by atoms with E-state index in [-0.39, 0.29) is 11.7 Å². The van der Waals surface area contributed by atoms with Crippen molar-refractivity contribution in [2.75, 3.05) is 6.54 Å². The lowest BCUT2D eigenvalue weighted by atomic mass is 9.94. The molecular weight excluding hydrogens is 279 g/mol. The Balaban J connectivity index is 2.08. The van der Waals surface area contributed by atoms with Gasteiger partial charge in [-0.15, -0.1) is 0 Å². The van der Waals surface area contributed by atoms with Crippen LogP contribution in [0.15, 0.2) is 42.2 Å². The van der Waals surface area contributed by atoms with E-state index in [0.717, 1.165) is 35.1 Å². The molecule has 3 rings (SSSR count). The summed E-state index contributed by atoms with van der Waals surface area (Å²) in [5.41, 5.74) is 4.16. The first-order valence-electron chi connectivity index (χ1n) is 7.34. The van der Waals surface area contributed by atoms with Crippen LogP contribution < -0.4 is 5.32 Å². The van der Waals surface area contributed by atoms with Crippen molar-refractivity contribution in [1.82, 2.24) is 10.3 Å². The molecule has 1 aliphatic heterocycles. The van der Waals surface area contributed by atoms with Gasteiger partial charge >= 0.3 is 0 Å². The number of benzene rings is 1. The first-order valence-corrected chi connectivity index (χ1v) is 7.34. The smallest absolute Gasteiger partial charge is 0.247 e. The molecule has 0 spiro atoms. The summed E-state index contributed by atoms with van der Waals surface area (Å²) in [6.07, 6.45) is 6.83. The Labute approximate surface area is 128 Å². The molecule has 112 valence electrons. The summed E-state index contributed by atoms with van der Waals surface area (Å²) in [6.45, 7) is 2.66. The van der Waals surface area contributed by atoms with Crippen molar-refractivity contribution < 1.29 is 9.18 Å². The maximum absolute atomic E-state index is 14.0. The number of piperidine rings is 1. The van der Waals surface area contributed by atoms with Gasteiger partial charge in [-0.05, 0) is 72.4 Å². The van der Waals surface area contributed by atoms with Crippen molar-refractivity contribution in [3.63, 3.8) is 0 Å². The summed E-state index contributed by atoms with van der Waals surface area (Å²) in [5.74, 6) is -0.360. The maximum atomic E-state index is 14.0. The van der Waals surface area contributed by atoms with Gasteiger partial charge in [0.05, 0.1) is 0 Å². The minimum atomic E-state index is -0.305. The van der Waals surface area contributed by atoms with Gasteiger partial charge in [0.25, 0.3) is 0 Å². The lowest BCUT2D eigenvalue weighted by molar-refractivity contribution is -0.118. The normalized spacial score (nSPS) is 16.6. The molecule has 0 atom stereocenters. The highest BCUT2D eigenvalue weighted by molar-refractivity contribution is 5.98. The number of rotatable bonds is 2. The Hall–Kier alpha value is -2.49. The molecule has 1 aromatic heterocycles. The maximum Gasteiger partial charge on any atom is 0.247 e. The average Bonchev–Trinajstić information content (AvgIpc) is 2.53. The fraction of sp³-hybridized carbons (Fsp3) is 0.222. The van der Waals surface area contributed by atoms with Crippen LogP contribution >= 0.6 is 0 Å². The molecule has 0 radical (unpaired) electrons. The number of nitrogens with one attached hydrogen (secondary N) is 1. The molecule has 0 aliphatic carbocycles. The van der Waals surface area contributed by atoms with Crippen LogP contribution in [0.4, 0.5) is 4.39 Å². The number of aromatic nitrogens is 1. The van der Waals surface area contributed by atoms with Crippen molar-refractivity contribution >= 4 is 12.0 Å². The molecule has 1 N–H and O–H groups in total. The Kier molecular flexibility index (Phi) is 4.00. The van der Waals surface area contributed by atoms with E-state index in [2.05, 4.69) is 10.3 Å². The second-order valence-corrected chi connectivity index (χ2v) is 5.43. The molecule has 2 aromatic rings. The number of hydrogen-bond acceptors (Lipinski definition) is 2. The number of halogens is 1. The predicted molar refractivity (Wildman–Crippen MR) is 84.6 cm³/mol. The SMILES string of the molecule is Cc1c(/C=C2\CCCNC2=O)cc(F)cc1-c1ccncc1. The third-order valence-corrected chi connectivity index (χ3v) is 3.93. The molecular formula is C18H17FN2O. The van der Waals surface area contributed by atoms with E-state index < -0.39 is 0 Å². The van der Waals surface area contributed by atoms with Crippen LogP contribution in [-0.2, 0) is 4.79 Å². The number of pyridine rings is 1. The van der Waals surface area contributed by atoms with Crippen LogP contribution in [0.5, 0.6) is 0 Å². The van der Waals surface area contributed by atoms with Gasteiger partial charge in [-0.2, -0.15) is 0 Å². The number of nitrogens with zero attached hydrogens (tertiary/aromatic N) is 1. The minimum Gasteiger partial charge on any atom is -0.352 e. The van der Waals surface area contributed by atoms with Gasteiger partial charge in [0.1, 0.15) is 5.82 Å². The van der Waals surface area contributed by atoms with Crippen LogP contribution in [0.3, 0.4) is 0 Å². The average molecular weight is 296 g/mol. The second-order valence-electron chi connectivity index (χ2n) is 5.43. The van der Waals surface area contributed by atoms with Gasteiger partial charge in [-0.1, -0.05) is 0 Å². The van der Waals surface area contributed by atoms with E-state index in [1.165, 1.54) is 12.1 Å². The summed E-state index contributed by atoms with van der Waals surface area (Å²) < 4.78 is 14.0. The van der Waals surface area contributed by atoms with E-state index in [1.54, 1.807) is 18.5 Å². The molecule has 3 nitrogen and oxygen atoms in total. The summed E-state index contributed by atoms with van der Waals surface area (Å²) in [4.78, 5) is 15.9. The van der Waals surface area contributed by atoms with E-state index >= 15 is 0 Å². The second kappa shape index (κ2) is 6.10. The minimum absolute atomic E-state index is 0.0552. The molecule has 0 saturated carbocycles. The molecule has 0 unspecified atom stereocenters. The Morgan fingerprint density at radius 1 is 1.27 bits per heavy atom.